The molecule has 1 N–H and O–H groups in total. The predicted molar refractivity (Wildman–Crippen MR) is 81.5 cm³/mol. The summed E-state index contributed by atoms with van der Waals surface area (Å²) in [4.78, 5) is 26.9. The van der Waals surface area contributed by atoms with Crippen molar-refractivity contribution in [3.8, 4) is 0 Å². The van der Waals surface area contributed by atoms with Crippen molar-refractivity contribution in [2.75, 3.05) is 18.0 Å². The van der Waals surface area contributed by atoms with Gasteiger partial charge >= 0.3 is 12.0 Å². The Labute approximate surface area is 125 Å². The van der Waals surface area contributed by atoms with Gasteiger partial charge in [-0.2, -0.15) is 0 Å². The van der Waals surface area contributed by atoms with Gasteiger partial charge in [0, 0.05) is 18.3 Å². The van der Waals surface area contributed by atoms with Crippen LogP contribution in [0.2, 0.25) is 0 Å². The van der Waals surface area contributed by atoms with Gasteiger partial charge in [-0.3, -0.25) is 9.69 Å². The summed E-state index contributed by atoms with van der Waals surface area (Å²) in [5.74, 6) is -0.759. The van der Waals surface area contributed by atoms with Crippen molar-refractivity contribution in [2.45, 2.75) is 33.2 Å². The average Bonchev–Trinajstić information content (AvgIpc) is 2.71. The van der Waals surface area contributed by atoms with Crippen LogP contribution in [0.4, 0.5) is 10.5 Å². The fourth-order valence-corrected chi connectivity index (χ4v) is 2.82. The molecule has 1 aliphatic heterocycles. The second kappa shape index (κ2) is 6.16. The number of hydrogen-bond donors (Lipinski definition) is 1. The highest BCUT2D eigenvalue weighted by Gasteiger charge is 2.34. The van der Waals surface area contributed by atoms with Crippen LogP contribution in [0.1, 0.15) is 26.3 Å². The number of carboxylic acids is 1. The van der Waals surface area contributed by atoms with E-state index in [0.29, 0.717) is 6.54 Å². The minimum Gasteiger partial charge on any atom is -0.480 e. The number of carbonyl (C=O) groups is 2. The average molecular weight is 290 g/mol. The number of rotatable bonds is 4. The number of carboxylic acid groups (broad SMARTS) is 1. The van der Waals surface area contributed by atoms with Gasteiger partial charge < -0.3 is 10.0 Å². The molecule has 0 aliphatic carbocycles. The third-order valence-electron chi connectivity index (χ3n) is 3.60. The topological polar surface area (TPSA) is 60.9 Å². The summed E-state index contributed by atoms with van der Waals surface area (Å²) >= 11 is 0. The Bertz CT molecular complexity index is 542. The molecule has 5 heteroatoms. The molecular weight excluding hydrogens is 268 g/mol. The first-order valence-corrected chi connectivity index (χ1v) is 7.28. The third kappa shape index (κ3) is 3.35. The fourth-order valence-electron chi connectivity index (χ4n) is 2.82. The molecule has 0 aromatic heterocycles. The van der Waals surface area contributed by atoms with Gasteiger partial charge in [0.05, 0.1) is 0 Å². The minimum atomic E-state index is -0.982. The van der Waals surface area contributed by atoms with Crippen molar-refractivity contribution in [3.63, 3.8) is 0 Å². The van der Waals surface area contributed by atoms with Gasteiger partial charge in [0.1, 0.15) is 6.54 Å². The number of benzene rings is 1. The summed E-state index contributed by atoms with van der Waals surface area (Å²) in [6.45, 7) is 6.12. The molecule has 1 unspecified atom stereocenters. The molecule has 1 aromatic carbocycles. The molecule has 0 saturated carbocycles. The highest BCUT2D eigenvalue weighted by Crippen LogP contribution is 2.32. The lowest BCUT2D eigenvalue weighted by Gasteiger charge is -2.31. The Morgan fingerprint density at radius 1 is 1.38 bits per heavy atom. The first-order chi connectivity index (χ1) is 9.90. The van der Waals surface area contributed by atoms with Crippen molar-refractivity contribution in [2.24, 2.45) is 5.92 Å². The number of para-hydroxylation sites is 1. The van der Waals surface area contributed by atoms with Gasteiger partial charge in [-0.15, -0.1) is 0 Å². The van der Waals surface area contributed by atoms with E-state index < -0.39 is 5.97 Å². The number of hydrogen-bond acceptors (Lipinski definition) is 2. The standard InChI is InChI=1S/C16H22N2O3/c1-11(2)9-17(10-15(19)20)16(21)18-12(3)8-13-6-4-5-7-14(13)18/h4-7,11-12H,8-10H2,1-3H3,(H,19,20). The molecule has 1 atom stereocenters. The number of carbonyl (C=O) groups excluding carboxylic acids is 1. The van der Waals surface area contributed by atoms with Crippen LogP contribution in [-0.2, 0) is 11.2 Å². The molecule has 2 rings (SSSR count). The lowest BCUT2D eigenvalue weighted by molar-refractivity contribution is -0.137. The molecule has 0 fully saturated rings. The van der Waals surface area contributed by atoms with Crippen LogP contribution < -0.4 is 4.90 Å². The zero-order chi connectivity index (χ0) is 15.6. The van der Waals surface area contributed by atoms with Crippen LogP contribution in [-0.4, -0.2) is 41.1 Å². The fraction of sp³-hybridized carbons (Fsp3) is 0.500. The quantitative estimate of drug-likeness (QED) is 0.927. The van der Waals surface area contributed by atoms with Crippen LogP contribution in [0.25, 0.3) is 0 Å². The molecule has 2 amide bonds. The summed E-state index contributed by atoms with van der Waals surface area (Å²) in [6, 6.07) is 7.64. The second-order valence-electron chi connectivity index (χ2n) is 6.00. The van der Waals surface area contributed by atoms with Crippen molar-refractivity contribution in [1.29, 1.82) is 0 Å². The molecule has 1 aliphatic rings. The van der Waals surface area contributed by atoms with Gasteiger partial charge in [-0.1, -0.05) is 32.0 Å². The summed E-state index contributed by atoms with van der Waals surface area (Å²) in [6.07, 6.45) is 0.810. The van der Waals surface area contributed by atoms with E-state index in [9.17, 15) is 9.59 Å². The first-order valence-electron chi connectivity index (χ1n) is 7.28. The van der Waals surface area contributed by atoms with E-state index in [2.05, 4.69) is 0 Å². The van der Waals surface area contributed by atoms with Gasteiger partial charge in [-0.05, 0) is 30.9 Å². The van der Waals surface area contributed by atoms with E-state index in [-0.39, 0.29) is 24.5 Å². The summed E-state index contributed by atoms with van der Waals surface area (Å²) < 4.78 is 0. The lowest BCUT2D eigenvalue weighted by atomic mass is 10.1. The smallest absolute Gasteiger partial charge is 0.325 e. The van der Waals surface area contributed by atoms with Crippen molar-refractivity contribution < 1.29 is 14.7 Å². The molecular formula is C16H22N2O3. The van der Waals surface area contributed by atoms with E-state index in [1.807, 2.05) is 45.0 Å². The summed E-state index contributed by atoms with van der Waals surface area (Å²) in [5, 5.41) is 9.04. The lowest BCUT2D eigenvalue weighted by Crippen LogP contribution is -2.48. The Morgan fingerprint density at radius 3 is 2.67 bits per heavy atom. The molecule has 0 saturated heterocycles. The number of urea groups is 1. The molecule has 0 spiro atoms. The van der Waals surface area contributed by atoms with Crippen LogP contribution in [0.3, 0.4) is 0 Å². The largest absolute Gasteiger partial charge is 0.480 e. The zero-order valence-electron chi connectivity index (χ0n) is 12.7. The molecule has 21 heavy (non-hydrogen) atoms. The maximum Gasteiger partial charge on any atom is 0.325 e. The number of nitrogens with zero attached hydrogens (tertiary/aromatic N) is 2. The second-order valence-corrected chi connectivity index (χ2v) is 6.00. The van der Waals surface area contributed by atoms with Gasteiger partial charge in [0.15, 0.2) is 0 Å². The summed E-state index contributed by atoms with van der Waals surface area (Å²) in [5.41, 5.74) is 2.03. The minimum absolute atomic E-state index is 0.0540. The van der Waals surface area contributed by atoms with E-state index in [0.717, 1.165) is 17.7 Å². The first kappa shape index (κ1) is 15.4. The van der Waals surface area contributed by atoms with Gasteiger partial charge in [-0.25, -0.2) is 4.79 Å². The maximum atomic E-state index is 12.8. The van der Waals surface area contributed by atoms with E-state index in [1.54, 1.807) is 4.90 Å². The highest BCUT2D eigenvalue weighted by atomic mass is 16.4. The van der Waals surface area contributed by atoms with Crippen molar-refractivity contribution in [1.82, 2.24) is 4.90 Å². The van der Waals surface area contributed by atoms with Crippen molar-refractivity contribution in [3.05, 3.63) is 29.8 Å². The van der Waals surface area contributed by atoms with Gasteiger partial charge in [0.25, 0.3) is 0 Å². The van der Waals surface area contributed by atoms with Crippen LogP contribution in [0.15, 0.2) is 24.3 Å². The van der Waals surface area contributed by atoms with E-state index in [1.165, 1.54) is 4.90 Å². The maximum absolute atomic E-state index is 12.8. The zero-order valence-corrected chi connectivity index (χ0v) is 12.7. The monoisotopic (exact) mass is 290 g/mol. The molecule has 0 bridgehead atoms. The van der Waals surface area contributed by atoms with Crippen LogP contribution >= 0.6 is 0 Å². The Hall–Kier alpha value is -2.04. The highest BCUT2D eigenvalue weighted by molar-refractivity contribution is 5.96. The number of aliphatic carboxylic acids is 1. The Morgan fingerprint density at radius 2 is 2.05 bits per heavy atom. The van der Waals surface area contributed by atoms with E-state index >= 15 is 0 Å². The molecule has 5 nitrogen and oxygen atoms in total. The summed E-state index contributed by atoms with van der Waals surface area (Å²) in [7, 11) is 0. The molecule has 1 heterocycles. The van der Waals surface area contributed by atoms with E-state index in [4.69, 9.17) is 5.11 Å². The Kier molecular flexibility index (Phi) is 4.50. The van der Waals surface area contributed by atoms with Crippen LogP contribution in [0.5, 0.6) is 0 Å². The number of fused-ring (bicyclic) bond motifs is 1. The Balaban J connectivity index is 2.25. The normalized spacial score (nSPS) is 17.0. The van der Waals surface area contributed by atoms with Crippen molar-refractivity contribution >= 4 is 17.7 Å². The molecule has 114 valence electrons. The number of anilines is 1. The predicted octanol–water partition coefficient (Wildman–Crippen LogP) is 2.60. The van der Waals surface area contributed by atoms with Gasteiger partial charge in [0.2, 0.25) is 0 Å². The number of amides is 2. The molecule has 1 aromatic rings. The SMILES string of the molecule is CC(C)CN(CC(=O)O)C(=O)N1c2ccccc2CC1C. The molecule has 0 radical (unpaired) electrons. The third-order valence-corrected chi connectivity index (χ3v) is 3.60. The van der Waals surface area contributed by atoms with Crippen LogP contribution in [0, 0.1) is 5.92 Å².